The Morgan fingerprint density at radius 2 is 1.84 bits per heavy atom. The first kappa shape index (κ1) is 13.9. The Morgan fingerprint density at radius 3 is 2.47 bits per heavy atom. The number of rotatable bonds is 3. The molecule has 104 valence electrons. The van der Waals surface area contributed by atoms with Crippen molar-refractivity contribution in [1.29, 1.82) is 0 Å². The van der Waals surface area contributed by atoms with Crippen molar-refractivity contribution in [2.24, 2.45) is 10.7 Å². The van der Waals surface area contributed by atoms with Crippen LogP contribution in [0, 0.1) is 6.92 Å². The van der Waals surface area contributed by atoms with Gasteiger partial charge in [-0.3, -0.25) is 4.99 Å². The van der Waals surface area contributed by atoms with Crippen LogP contribution in [0.2, 0.25) is 0 Å². The van der Waals surface area contributed by atoms with Gasteiger partial charge in [0.05, 0.1) is 12.1 Å². The predicted octanol–water partition coefficient (Wildman–Crippen LogP) is 3.29. The van der Waals surface area contributed by atoms with Gasteiger partial charge in [-0.05, 0) is 32.3 Å². The molecule has 1 fully saturated rings. The van der Waals surface area contributed by atoms with Crippen LogP contribution in [0.15, 0.2) is 29.3 Å². The Bertz CT molecular complexity index is 416. The molecule has 0 radical (unpaired) electrons. The zero-order valence-corrected chi connectivity index (χ0v) is 12.0. The Hall–Kier alpha value is -1.51. The van der Waals surface area contributed by atoms with Gasteiger partial charge in [0, 0.05) is 0 Å². The fourth-order valence-corrected chi connectivity index (χ4v) is 2.60. The summed E-state index contributed by atoms with van der Waals surface area (Å²) in [6.45, 7) is 4.22. The molecule has 19 heavy (non-hydrogen) atoms. The standard InChI is InChI=1S/C16H25N3/c1-12-8-10-14(11-9-12)13(2)18-16(17)19-15-6-4-3-5-7-15/h8-11,13,15H,3-7H2,1-2H3,(H3,17,18,19). The number of guanidine groups is 1. The zero-order chi connectivity index (χ0) is 13.7. The van der Waals surface area contributed by atoms with Crippen molar-refractivity contribution in [2.45, 2.75) is 58.0 Å². The zero-order valence-electron chi connectivity index (χ0n) is 12.0. The van der Waals surface area contributed by atoms with Gasteiger partial charge in [-0.15, -0.1) is 0 Å². The van der Waals surface area contributed by atoms with Gasteiger partial charge in [0.1, 0.15) is 0 Å². The molecular weight excluding hydrogens is 234 g/mol. The van der Waals surface area contributed by atoms with E-state index in [4.69, 9.17) is 5.73 Å². The molecule has 3 nitrogen and oxygen atoms in total. The lowest BCUT2D eigenvalue weighted by Gasteiger charge is -2.20. The third-order valence-electron chi connectivity index (χ3n) is 3.84. The molecule has 0 aromatic heterocycles. The van der Waals surface area contributed by atoms with E-state index in [1.54, 1.807) is 0 Å². The van der Waals surface area contributed by atoms with Crippen molar-refractivity contribution in [3.8, 4) is 0 Å². The fourth-order valence-electron chi connectivity index (χ4n) is 2.60. The quantitative estimate of drug-likeness (QED) is 0.646. The molecule has 0 aliphatic heterocycles. The van der Waals surface area contributed by atoms with Gasteiger partial charge in [0.25, 0.3) is 0 Å². The average Bonchev–Trinajstić information content (AvgIpc) is 2.40. The van der Waals surface area contributed by atoms with Crippen LogP contribution in [-0.4, -0.2) is 12.0 Å². The highest BCUT2D eigenvalue weighted by atomic mass is 15.1. The minimum atomic E-state index is 0.202. The monoisotopic (exact) mass is 259 g/mol. The van der Waals surface area contributed by atoms with Crippen molar-refractivity contribution in [1.82, 2.24) is 5.32 Å². The van der Waals surface area contributed by atoms with E-state index in [0.717, 1.165) is 0 Å². The maximum Gasteiger partial charge on any atom is 0.189 e. The summed E-state index contributed by atoms with van der Waals surface area (Å²) >= 11 is 0. The van der Waals surface area contributed by atoms with Crippen LogP contribution in [0.25, 0.3) is 0 Å². The summed E-state index contributed by atoms with van der Waals surface area (Å²) in [6, 6.07) is 9.16. The number of aliphatic imine (C=N–C) groups is 1. The second-order valence-corrected chi connectivity index (χ2v) is 5.58. The first-order valence-electron chi connectivity index (χ1n) is 7.31. The van der Waals surface area contributed by atoms with Gasteiger partial charge >= 0.3 is 0 Å². The van der Waals surface area contributed by atoms with Gasteiger partial charge in [0.15, 0.2) is 5.96 Å². The van der Waals surface area contributed by atoms with Crippen LogP contribution in [0.4, 0.5) is 0 Å². The minimum absolute atomic E-state index is 0.202. The number of benzene rings is 1. The smallest absolute Gasteiger partial charge is 0.189 e. The molecule has 1 atom stereocenters. The van der Waals surface area contributed by atoms with Crippen LogP contribution >= 0.6 is 0 Å². The van der Waals surface area contributed by atoms with Crippen molar-refractivity contribution in [3.05, 3.63) is 35.4 Å². The van der Waals surface area contributed by atoms with Gasteiger partial charge in [-0.1, -0.05) is 49.1 Å². The molecule has 1 aliphatic carbocycles. The molecule has 0 bridgehead atoms. The molecule has 1 aromatic carbocycles. The van der Waals surface area contributed by atoms with E-state index in [0.29, 0.717) is 12.0 Å². The van der Waals surface area contributed by atoms with E-state index < -0.39 is 0 Å². The first-order valence-corrected chi connectivity index (χ1v) is 7.31. The molecule has 3 N–H and O–H groups in total. The number of hydrogen-bond donors (Lipinski definition) is 2. The molecule has 0 heterocycles. The van der Waals surface area contributed by atoms with Gasteiger partial charge in [-0.2, -0.15) is 0 Å². The van der Waals surface area contributed by atoms with E-state index >= 15 is 0 Å². The van der Waals surface area contributed by atoms with E-state index in [9.17, 15) is 0 Å². The highest BCUT2D eigenvalue weighted by molar-refractivity contribution is 5.78. The van der Waals surface area contributed by atoms with Crippen LogP contribution in [-0.2, 0) is 0 Å². The molecule has 1 unspecified atom stereocenters. The van der Waals surface area contributed by atoms with Crippen molar-refractivity contribution >= 4 is 5.96 Å². The summed E-state index contributed by atoms with van der Waals surface area (Å²) in [6.07, 6.45) is 6.28. The number of hydrogen-bond acceptors (Lipinski definition) is 1. The second-order valence-electron chi connectivity index (χ2n) is 5.58. The van der Waals surface area contributed by atoms with E-state index in [2.05, 4.69) is 48.4 Å². The van der Waals surface area contributed by atoms with Crippen LogP contribution in [0.3, 0.4) is 0 Å². The Labute approximate surface area is 116 Å². The van der Waals surface area contributed by atoms with Gasteiger partial charge < -0.3 is 11.1 Å². The second kappa shape index (κ2) is 6.60. The van der Waals surface area contributed by atoms with Crippen LogP contribution < -0.4 is 11.1 Å². The van der Waals surface area contributed by atoms with Crippen molar-refractivity contribution < 1.29 is 0 Å². The summed E-state index contributed by atoms with van der Waals surface area (Å²) in [5, 5.41) is 3.29. The van der Waals surface area contributed by atoms with E-state index in [1.807, 2.05) is 0 Å². The van der Waals surface area contributed by atoms with Crippen molar-refractivity contribution in [2.75, 3.05) is 0 Å². The van der Waals surface area contributed by atoms with Crippen LogP contribution in [0.1, 0.15) is 56.2 Å². The van der Waals surface area contributed by atoms with Gasteiger partial charge in [0.2, 0.25) is 0 Å². The third-order valence-corrected chi connectivity index (χ3v) is 3.84. The topological polar surface area (TPSA) is 50.4 Å². The first-order chi connectivity index (χ1) is 9.15. The summed E-state index contributed by atoms with van der Waals surface area (Å²) in [5.41, 5.74) is 8.53. The molecule has 2 rings (SSSR count). The molecule has 1 aliphatic rings. The highest BCUT2D eigenvalue weighted by Gasteiger charge is 2.13. The largest absolute Gasteiger partial charge is 0.370 e. The summed E-state index contributed by atoms with van der Waals surface area (Å²) in [7, 11) is 0. The van der Waals surface area contributed by atoms with Gasteiger partial charge in [-0.25, -0.2) is 0 Å². The Morgan fingerprint density at radius 1 is 1.21 bits per heavy atom. The molecule has 3 heteroatoms. The van der Waals surface area contributed by atoms with E-state index in [-0.39, 0.29) is 6.04 Å². The lowest BCUT2D eigenvalue weighted by atomic mass is 9.96. The molecule has 0 amide bonds. The maximum absolute atomic E-state index is 6.01. The number of nitrogens with two attached hydrogens (primary N) is 1. The number of nitrogens with one attached hydrogen (secondary N) is 1. The molecule has 0 spiro atoms. The lowest BCUT2D eigenvalue weighted by Crippen LogP contribution is -2.35. The summed E-state index contributed by atoms with van der Waals surface area (Å²) in [4.78, 5) is 4.60. The number of nitrogens with zero attached hydrogens (tertiary/aromatic N) is 1. The van der Waals surface area contributed by atoms with Crippen LogP contribution in [0.5, 0.6) is 0 Å². The number of aryl methyl sites for hydroxylation is 1. The minimum Gasteiger partial charge on any atom is -0.370 e. The lowest BCUT2D eigenvalue weighted by molar-refractivity contribution is 0.441. The molecule has 0 saturated heterocycles. The molecule has 1 aromatic rings. The van der Waals surface area contributed by atoms with E-state index in [1.165, 1.54) is 43.2 Å². The molecule has 1 saturated carbocycles. The normalized spacial score (nSPS) is 19.2. The Balaban J connectivity index is 1.91. The SMILES string of the molecule is Cc1ccc(C(C)NC(N)=NC2CCCCC2)cc1. The highest BCUT2D eigenvalue weighted by Crippen LogP contribution is 2.20. The summed E-state index contributed by atoms with van der Waals surface area (Å²) in [5.74, 6) is 0.583. The average molecular weight is 259 g/mol. The third kappa shape index (κ3) is 4.27. The molecular formula is C16H25N3. The predicted molar refractivity (Wildman–Crippen MR) is 81.2 cm³/mol. The Kier molecular flexibility index (Phi) is 4.83. The maximum atomic E-state index is 6.01. The fraction of sp³-hybridized carbons (Fsp3) is 0.562. The van der Waals surface area contributed by atoms with Crippen molar-refractivity contribution in [3.63, 3.8) is 0 Å². The summed E-state index contributed by atoms with van der Waals surface area (Å²) < 4.78 is 0.